The standard InChI is InChI=1S/C15H16N2O3/c1-19-13-4-3-9(7-14(13)20-2)15(18)10-5-11(16)8-12(17)6-10/h3-8H,16-17H2,1-2H3. The van der Waals surface area contributed by atoms with Gasteiger partial charge in [0.1, 0.15) is 0 Å². The summed E-state index contributed by atoms with van der Waals surface area (Å²) >= 11 is 0. The van der Waals surface area contributed by atoms with Crippen LogP contribution in [0.4, 0.5) is 11.4 Å². The number of ether oxygens (including phenoxy) is 2. The first-order valence-electron chi connectivity index (χ1n) is 5.98. The van der Waals surface area contributed by atoms with Crippen LogP contribution < -0.4 is 20.9 Å². The van der Waals surface area contributed by atoms with Gasteiger partial charge in [-0.1, -0.05) is 0 Å². The van der Waals surface area contributed by atoms with Crippen molar-refractivity contribution in [2.75, 3.05) is 25.7 Å². The SMILES string of the molecule is COc1ccc(C(=O)c2cc(N)cc(N)c2)cc1OC. The molecule has 0 amide bonds. The summed E-state index contributed by atoms with van der Waals surface area (Å²) in [5.74, 6) is 0.885. The molecule has 0 fully saturated rings. The summed E-state index contributed by atoms with van der Waals surface area (Å²) in [7, 11) is 3.06. The van der Waals surface area contributed by atoms with Crippen molar-refractivity contribution in [1.82, 2.24) is 0 Å². The Morgan fingerprint density at radius 1 is 0.850 bits per heavy atom. The van der Waals surface area contributed by atoms with Crippen molar-refractivity contribution in [3.63, 3.8) is 0 Å². The van der Waals surface area contributed by atoms with Gasteiger partial charge in [0, 0.05) is 22.5 Å². The molecule has 104 valence electrons. The van der Waals surface area contributed by atoms with Gasteiger partial charge < -0.3 is 20.9 Å². The Kier molecular flexibility index (Phi) is 3.79. The fraction of sp³-hybridized carbons (Fsp3) is 0.133. The summed E-state index contributed by atoms with van der Waals surface area (Å²) in [6.07, 6.45) is 0. The number of nitrogens with two attached hydrogens (primary N) is 2. The fourth-order valence-corrected chi connectivity index (χ4v) is 1.95. The zero-order valence-electron chi connectivity index (χ0n) is 11.3. The minimum absolute atomic E-state index is 0.176. The molecule has 0 aliphatic heterocycles. The van der Waals surface area contributed by atoms with Crippen molar-refractivity contribution in [3.8, 4) is 11.5 Å². The molecule has 2 aromatic carbocycles. The lowest BCUT2D eigenvalue weighted by Crippen LogP contribution is -2.04. The maximum atomic E-state index is 12.4. The number of benzene rings is 2. The van der Waals surface area contributed by atoms with Crippen molar-refractivity contribution in [1.29, 1.82) is 0 Å². The molecule has 0 saturated heterocycles. The molecule has 0 aliphatic rings. The Morgan fingerprint density at radius 3 is 2.00 bits per heavy atom. The second-order valence-electron chi connectivity index (χ2n) is 4.29. The van der Waals surface area contributed by atoms with E-state index in [-0.39, 0.29) is 5.78 Å². The number of anilines is 2. The third kappa shape index (κ3) is 2.66. The molecule has 5 heteroatoms. The van der Waals surface area contributed by atoms with Crippen LogP contribution in [0, 0.1) is 0 Å². The third-order valence-corrected chi connectivity index (χ3v) is 2.89. The predicted octanol–water partition coefficient (Wildman–Crippen LogP) is 2.10. The number of hydrogen-bond acceptors (Lipinski definition) is 5. The Bertz CT molecular complexity index is 633. The van der Waals surface area contributed by atoms with Crippen LogP contribution in [0.25, 0.3) is 0 Å². The maximum absolute atomic E-state index is 12.4. The zero-order valence-corrected chi connectivity index (χ0v) is 11.3. The first kappa shape index (κ1) is 13.7. The van der Waals surface area contributed by atoms with E-state index in [0.717, 1.165) is 0 Å². The topological polar surface area (TPSA) is 87.6 Å². The van der Waals surface area contributed by atoms with E-state index in [1.54, 1.807) is 36.4 Å². The highest BCUT2D eigenvalue weighted by molar-refractivity contribution is 6.10. The number of nitrogen functional groups attached to an aromatic ring is 2. The van der Waals surface area contributed by atoms with Gasteiger partial charge >= 0.3 is 0 Å². The molecule has 0 aromatic heterocycles. The van der Waals surface area contributed by atoms with Crippen LogP contribution >= 0.6 is 0 Å². The molecule has 0 bridgehead atoms. The molecular formula is C15H16N2O3. The monoisotopic (exact) mass is 272 g/mol. The van der Waals surface area contributed by atoms with E-state index in [9.17, 15) is 4.79 Å². The molecule has 0 heterocycles. The number of rotatable bonds is 4. The summed E-state index contributed by atoms with van der Waals surface area (Å²) in [5.41, 5.74) is 13.2. The highest BCUT2D eigenvalue weighted by atomic mass is 16.5. The summed E-state index contributed by atoms with van der Waals surface area (Å²) < 4.78 is 10.3. The van der Waals surface area contributed by atoms with Crippen molar-refractivity contribution in [2.24, 2.45) is 0 Å². The molecule has 0 unspecified atom stereocenters. The summed E-state index contributed by atoms with van der Waals surface area (Å²) in [6.45, 7) is 0. The number of hydrogen-bond donors (Lipinski definition) is 2. The average Bonchev–Trinajstić information content (AvgIpc) is 2.44. The van der Waals surface area contributed by atoms with Gasteiger partial charge in [-0.2, -0.15) is 0 Å². The fourth-order valence-electron chi connectivity index (χ4n) is 1.95. The predicted molar refractivity (Wildman–Crippen MR) is 78.2 cm³/mol. The van der Waals surface area contributed by atoms with E-state index in [1.165, 1.54) is 14.2 Å². The molecule has 4 N–H and O–H groups in total. The smallest absolute Gasteiger partial charge is 0.193 e. The normalized spacial score (nSPS) is 10.1. The average molecular weight is 272 g/mol. The number of carbonyl (C=O) groups excluding carboxylic acids is 1. The Hall–Kier alpha value is -2.69. The minimum atomic E-state index is -0.176. The van der Waals surface area contributed by atoms with E-state index < -0.39 is 0 Å². The molecule has 0 atom stereocenters. The first-order valence-corrected chi connectivity index (χ1v) is 5.98. The summed E-state index contributed by atoms with van der Waals surface area (Å²) in [4.78, 5) is 12.4. The second-order valence-corrected chi connectivity index (χ2v) is 4.29. The highest BCUT2D eigenvalue weighted by Crippen LogP contribution is 2.29. The van der Waals surface area contributed by atoms with Gasteiger partial charge in [-0.05, 0) is 36.4 Å². The lowest BCUT2D eigenvalue weighted by atomic mass is 10.0. The molecule has 0 aliphatic carbocycles. The molecular weight excluding hydrogens is 256 g/mol. The van der Waals surface area contributed by atoms with Crippen LogP contribution in [0.3, 0.4) is 0 Å². The Morgan fingerprint density at radius 2 is 1.45 bits per heavy atom. The van der Waals surface area contributed by atoms with Crippen LogP contribution in [-0.2, 0) is 0 Å². The van der Waals surface area contributed by atoms with Gasteiger partial charge in [0.2, 0.25) is 0 Å². The van der Waals surface area contributed by atoms with Crippen molar-refractivity contribution >= 4 is 17.2 Å². The molecule has 0 spiro atoms. The molecule has 0 saturated carbocycles. The summed E-state index contributed by atoms with van der Waals surface area (Å²) in [6, 6.07) is 9.77. The molecule has 2 rings (SSSR count). The quantitative estimate of drug-likeness (QED) is 0.657. The van der Waals surface area contributed by atoms with Gasteiger partial charge in [-0.15, -0.1) is 0 Å². The van der Waals surface area contributed by atoms with E-state index in [4.69, 9.17) is 20.9 Å². The number of methoxy groups -OCH3 is 2. The van der Waals surface area contributed by atoms with E-state index in [1.807, 2.05) is 0 Å². The third-order valence-electron chi connectivity index (χ3n) is 2.89. The van der Waals surface area contributed by atoms with E-state index in [0.29, 0.717) is 34.0 Å². The molecule has 0 radical (unpaired) electrons. The largest absolute Gasteiger partial charge is 0.493 e. The number of ketones is 1. The van der Waals surface area contributed by atoms with Gasteiger partial charge in [0.05, 0.1) is 14.2 Å². The zero-order chi connectivity index (χ0) is 14.7. The minimum Gasteiger partial charge on any atom is -0.493 e. The van der Waals surface area contributed by atoms with E-state index in [2.05, 4.69) is 0 Å². The van der Waals surface area contributed by atoms with Crippen molar-refractivity contribution in [3.05, 3.63) is 47.5 Å². The Balaban J connectivity index is 2.42. The number of carbonyl (C=O) groups is 1. The van der Waals surface area contributed by atoms with Crippen molar-refractivity contribution in [2.45, 2.75) is 0 Å². The maximum Gasteiger partial charge on any atom is 0.193 e. The first-order chi connectivity index (χ1) is 9.55. The van der Waals surface area contributed by atoms with E-state index >= 15 is 0 Å². The Labute approximate surface area is 117 Å². The molecule has 20 heavy (non-hydrogen) atoms. The van der Waals surface area contributed by atoms with Gasteiger partial charge in [0.25, 0.3) is 0 Å². The molecule has 5 nitrogen and oxygen atoms in total. The van der Waals surface area contributed by atoms with Crippen molar-refractivity contribution < 1.29 is 14.3 Å². The van der Waals surface area contributed by atoms with Crippen LogP contribution in [0.15, 0.2) is 36.4 Å². The lowest BCUT2D eigenvalue weighted by molar-refractivity contribution is 0.103. The highest BCUT2D eigenvalue weighted by Gasteiger charge is 2.13. The van der Waals surface area contributed by atoms with Gasteiger partial charge in [-0.25, -0.2) is 0 Å². The lowest BCUT2D eigenvalue weighted by Gasteiger charge is -2.09. The molecule has 2 aromatic rings. The summed E-state index contributed by atoms with van der Waals surface area (Å²) in [5, 5.41) is 0. The van der Waals surface area contributed by atoms with Gasteiger partial charge in [-0.3, -0.25) is 4.79 Å². The van der Waals surface area contributed by atoms with Crippen LogP contribution in [0.2, 0.25) is 0 Å². The van der Waals surface area contributed by atoms with Gasteiger partial charge in [0.15, 0.2) is 17.3 Å². The second kappa shape index (κ2) is 5.52. The van der Waals surface area contributed by atoms with Crippen LogP contribution in [0.1, 0.15) is 15.9 Å². The van der Waals surface area contributed by atoms with Crippen LogP contribution in [-0.4, -0.2) is 20.0 Å². The van der Waals surface area contributed by atoms with Crippen LogP contribution in [0.5, 0.6) is 11.5 Å².